The summed E-state index contributed by atoms with van der Waals surface area (Å²) in [5.41, 5.74) is 0.614. The molecule has 2 rings (SSSR count). The van der Waals surface area contributed by atoms with Crippen molar-refractivity contribution in [3.8, 4) is 5.75 Å². The maximum absolute atomic E-state index is 13.1. The average Bonchev–Trinajstić information content (AvgIpc) is 2.79. The van der Waals surface area contributed by atoms with Crippen molar-refractivity contribution in [1.82, 2.24) is 0 Å². The SMILES string of the molecule is CCc1ccc(COc2ccc(F)c(C)c2)s1. The molecule has 0 aliphatic rings. The van der Waals surface area contributed by atoms with Crippen LogP contribution >= 0.6 is 11.3 Å². The number of ether oxygens (including phenoxy) is 1. The zero-order valence-electron chi connectivity index (χ0n) is 10.00. The van der Waals surface area contributed by atoms with E-state index in [0.29, 0.717) is 12.2 Å². The molecule has 17 heavy (non-hydrogen) atoms. The van der Waals surface area contributed by atoms with Crippen LogP contribution in [-0.4, -0.2) is 0 Å². The first kappa shape index (κ1) is 12.1. The summed E-state index contributed by atoms with van der Waals surface area (Å²) in [7, 11) is 0. The molecule has 0 fully saturated rings. The van der Waals surface area contributed by atoms with Crippen molar-refractivity contribution in [2.45, 2.75) is 26.9 Å². The molecule has 0 saturated heterocycles. The first-order chi connectivity index (χ1) is 8.19. The third-order valence-electron chi connectivity index (χ3n) is 2.58. The van der Waals surface area contributed by atoms with E-state index >= 15 is 0 Å². The Morgan fingerprint density at radius 1 is 1.18 bits per heavy atom. The molecule has 0 amide bonds. The average molecular weight is 250 g/mol. The molecule has 0 aliphatic heterocycles. The quantitative estimate of drug-likeness (QED) is 0.784. The molecule has 0 N–H and O–H groups in total. The second kappa shape index (κ2) is 5.32. The van der Waals surface area contributed by atoms with E-state index in [-0.39, 0.29) is 5.82 Å². The molecule has 1 heterocycles. The molecular weight excluding hydrogens is 235 g/mol. The van der Waals surface area contributed by atoms with Crippen LogP contribution in [0.1, 0.15) is 22.2 Å². The minimum absolute atomic E-state index is 0.193. The van der Waals surface area contributed by atoms with Gasteiger partial charge in [-0.2, -0.15) is 0 Å². The van der Waals surface area contributed by atoms with Crippen molar-refractivity contribution < 1.29 is 9.13 Å². The smallest absolute Gasteiger partial charge is 0.126 e. The predicted octanol–water partition coefficient (Wildman–Crippen LogP) is 4.34. The molecule has 90 valence electrons. The van der Waals surface area contributed by atoms with E-state index in [1.54, 1.807) is 30.4 Å². The Bertz CT molecular complexity index is 505. The van der Waals surface area contributed by atoms with Crippen LogP contribution in [0.3, 0.4) is 0 Å². The number of rotatable bonds is 4. The number of hydrogen-bond donors (Lipinski definition) is 0. The standard InChI is InChI=1S/C14H15FOS/c1-3-12-5-6-13(17-12)9-16-11-4-7-14(15)10(2)8-11/h4-8H,3,9H2,1-2H3. The molecule has 0 saturated carbocycles. The van der Waals surface area contributed by atoms with Crippen LogP contribution in [0.2, 0.25) is 0 Å². The highest BCUT2D eigenvalue weighted by molar-refractivity contribution is 7.11. The summed E-state index contributed by atoms with van der Waals surface area (Å²) in [5.74, 6) is 0.525. The highest BCUT2D eigenvalue weighted by Crippen LogP contribution is 2.21. The number of benzene rings is 1. The molecule has 1 nitrogen and oxygen atoms in total. The zero-order valence-corrected chi connectivity index (χ0v) is 10.8. The Hall–Kier alpha value is -1.35. The van der Waals surface area contributed by atoms with Crippen molar-refractivity contribution in [1.29, 1.82) is 0 Å². The highest BCUT2D eigenvalue weighted by Gasteiger charge is 2.02. The van der Waals surface area contributed by atoms with E-state index in [0.717, 1.165) is 12.2 Å². The van der Waals surface area contributed by atoms with E-state index in [4.69, 9.17) is 4.74 Å². The summed E-state index contributed by atoms with van der Waals surface area (Å²) in [5, 5.41) is 0. The van der Waals surface area contributed by atoms with Crippen LogP contribution in [-0.2, 0) is 13.0 Å². The molecule has 3 heteroatoms. The van der Waals surface area contributed by atoms with E-state index in [1.165, 1.54) is 15.8 Å². The number of halogens is 1. The molecule has 0 unspecified atom stereocenters. The van der Waals surface area contributed by atoms with Crippen molar-refractivity contribution in [2.75, 3.05) is 0 Å². The maximum atomic E-state index is 13.1. The Morgan fingerprint density at radius 2 is 1.94 bits per heavy atom. The fourth-order valence-corrected chi connectivity index (χ4v) is 2.42. The van der Waals surface area contributed by atoms with Gasteiger partial charge < -0.3 is 4.74 Å². The molecule has 0 radical (unpaired) electrons. The predicted molar refractivity (Wildman–Crippen MR) is 69.2 cm³/mol. The lowest BCUT2D eigenvalue weighted by atomic mass is 10.2. The monoisotopic (exact) mass is 250 g/mol. The van der Waals surface area contributed by atoms with Gasteiger partial charge >= 0.3 is 0 Å². The Labute approximate surface area is 105 Å². The van der Waals surface area contributed by atoms with E-state index in [9.17, 15) is 4.39 Å². The van der Waals surface area contributed by atoms with Gasteiger partial charge in [0.25, 0.3) is 0 Å². The Morgan fingerprint density at radius 3 is 2.59 bits per heavy atom. The van der Waals surface area contributed by atoms with Crippen LogP contribution in [0.25, 0.3) is 0 Å². The topological polar surface area (TPSA) is 9.23 Å². The summed E-state index contributed by atoms with van der Waals surface area (Å²) < 4.78 is 18.7. The molecule has 0 spiro atoms. The largest absolute Gasteiger partial charge is 0.488 e. The van der Waals surface area contributed by atoms with Gasteiger partial charge in [-0.25, -0.2) is 4.39 Å². The fourth-order valence-electron chi connectivity index (χ4n) is 1.55. The molecule has 1 aromatic carbocycles. The fraction of sp³-hybridized carbons (Fsp3) is 0.286. The normalized spacial score (nSPS) is 10.5. The van der Waals surface area contributed by atoms with Gasteiger partial charge in [0, 0.05) is 9.75 Å². The van der Waals surface area contributed by atoms with Crippen LogP contribution in [0.5, 0.6) is 5.75 Å². The minimum atomic E-state index is -0.193. The van der Waals surface area contributed by atoms with Crippen molar-refractivity contribution in [3.63, 3.8) is 0 Å². The van der Waals surface area contributed by atoms with Crippen LogP contribution in [0, 0.1) is 12.7 Å². The first-order valence-electron chi connectivity index (χ1n) is 5.65. The maximum Gasteiger partial charge on any atom is 0.126 e. The van der Waals surface area contributed by atoms with Crippen LogP contribution in [0.4, 0.5) is 4.39 Å². The van der Waals surface area contributed by atoms with E-state index < -0.39 is 0 Å². The summed E-state index contributed by atoms with van der Waals surface area (Å²) >= 11 is 1.76. The molecule has 0 aliphatic carbocycles. The lowest BCUT2D eigenvalue weighted by Gasteiger charge is -2.05. The molecule has 1 aromatic heterocycles. The molecule has 2 aromatic rings. The Balaban J connectivity index is 1.99. The highest BCUT2D eigenvalue weighted by atomic mass is 32.1. The van der Waals surface area contributed by atoms with Crippen molar-refractivity contribution >= 4 is 11.3 Å². The van der Waals surface area contributed by atoms with Gasteiger partial charge in [-0.3, -0.25) is 0 Å². The van der Waals surface area contributed by atoms with Gasteiger partial charge in [-0.1, -0.05) is 6.92 Å². The first-order valence-corrected chi connectivity index (χ1v) is 6.47. The number of aryl methyl sites for hydroxylation is 2. The van der Waals surface area contributed by atoms with Gasteiger partial charge in [0.1, 0.15) is 18.2 Å². The van der Waals surface area contributed by atoms with Crippen molar-refractivity contribution in [3.05, 3.63) is 51.5 Å². The van der Waals surface area contributed by atoms with Gasteiger partial charge in [-0.05, 0) is 49.2 Å². The minimum Gasteiger partial charge on any atom is -0.488 e. The van der Waals surface area contributed by atoms with E-state index in [2.05, 4.69) is 19.1 Å². The third-order valence-corrected chi connectivity index (χ3v) is 3.78. The van der Waals surface area contributed by atoms with Gasteiger partial charge in [0.2, 0.25) is 0 Å². The number of thiophene rings is 1. The van der Waals surface area contributed by atoms with E-state index in [1.807, 2.05) is 0 Å². The summed E-state index contributed by atoms with van der Waals surface area (Å²) in [6, 6.07) is 9.04. The van der Waals surface area contributed by atoms with Gasteiger partial charge in [0.15, 0.2) is 0 Å². The van der Waals surface area contributed by atoms with Gasteiger partial charge in [-0.15, -0.1) is 11.3 Å². The summed E-state index contributed by atoms with van der Waals surface area (Å²) in [6.07, 6.45) is 1.06. The molecule has 0 atom stereocenters. The van der Waals surface area contributed by atoms with Gasteiger partial charge in [0.05, 0.1) is 0 Å². The summed E-state index contributed by atoms with van der Waals surface area (Å²) in [6.45, 7) is 4.43. The second-order valence-corrected chi connectivity index (χ2v) is 5.17. The third kappa shape index (κ3) is 3.07. The Kier molecular flexibility index (Phi) is 3.79. The lowest BCUT2D eigenvalue weighted by molar-refractivity contribution is 0.309. The zero-order chi connectivity index (χ0) is 12.3. The molecular formula is C14H15FOS. The number of hydrogen-bond acceptors (Lipinski definition) is 2. The lowest BCUT2D eigenvalue weighted by Crippen LogP contribution is -1.93. The molecule has 0 bridgehead atoms. The summed E-state index contributed by atoms with van der Waals surface area (Å²) in [4.78, 5) is 2.56. The van der Waals surface area contributed by atoms with Crippen LogP contribution in [0.15, 0.2) is 30.3 Å². The second-order valence-electron chi connectivity index (χ2n) is 3.92. The van der Waals surface area contributed by atoms with Crippen LogP contribution < -0.4 is 4.74 Å². The van der Waals surface area contributed by atoms with Crippen molar-refractivity contribution in [2.24, 2.45) is 0 Å².